The molecule has 3 rings (SSSR count). The molecular weight excluding hydrogens is 242 g/mol. The van der Waals surface area contributed by atoms with Gasteiger partial charge in [0.25, 0.3) is 0 Å². The number of nitrogens with zero attached hydrogens (tertiary/aromatic N) is 1. The van der Waals surface area contributed by atoms with Crippen LogP contribution in [0.4, 0.5) is 0 Å². The maximum absolute atomic E-state index is 2.30. The van der Waals surface area contributed by atoms with Crippen molar-refractivity contribution < 1.29 is 4.57 Å². The number of aryl methyl sites for hydroxylation is 4. The van der Waals surface area contributed by atoms with Gasteiger partial charge in [-0.15, -0.1) is 0 Å². The Labute approximate surface area is 120 Å². The molecule has 3 aromatic rings. The normalized spacial score (nSPS) is 11.0. The molecule has 0 saturated heterocycles. The monoisotopic (exact) mass is 262 g/mol. The second kappa shape index (κ2) is 4.75. The number of hydrogen-bond donors (Lipinski definition) is 0. The fourth-order valence-electron chi connectivity index (χ4n) is 3.02. The highest BCUT2D eigenvalue weighted by Gasteiger charge is 2.17. The molecular formula is C19H20N+. The van der Waals surface area contributed by atoms with Gasteiger partial charge in [0.15, 0.2) is 6.20 Å². The van der Waals surface area contributed by atoms with E-state index >= 15 is 0 Å². The van der Waals surface area contributed by atoms with E-state index in [2.05, 4.69) is 81.0 Å². The van der Waals surface area contributed by atoms with Crippen molar-refractivity contribution in [1.82, 2.24) is 0 Å². The zero-order chi connectivity index (χ0) is 14.3. The highest BCUT2D eigenvalue weighted by molar-refractivity contribution is 5.95. The topological polar surface area (TPSA) is 3.88 Å². The first-order valence-corrected chi connectivity index (χ1v) is 7.03. The molecule has 0 N–H and O–H groups in total. The molecule has 1 nitrogen and oxygen atoms in total. The van der Waals surface area contributed by atoms with E-state index in [1.165, 1.54) is 38.7 Å². The van der Waals surface area contributed by atoms with E-state index in [-0.39, 0.29) is 0 Å². The lowest BCUT2D eigenvalue weighted by Crippen LogP contribution is -2.30. The Morgan fingerprint density at radius 3 is 2.30 bits per heavy atom. The molecule has 0 aliphatic rings. The lowest BCUT2D eigenvalue weighted by Gasteiger charge is -2.10. The van der Waals surface area contributed by atoms with Crippen molar-refractivity contribution in [3.8, 4) is 11.3 Å². The molecule has 0 aliphatic heterocycles. The van der Waals surface area contributed by atoms with E-state index in [4.69, 9.17) is 0 Å². The van der Waals surface area contributed by atoms with Gasteiger partial charge in [0.05, 0.1) is 5.39 Å². The quantitative estimate of drug-likeness (QED) is 0.577. The van der Waals surface area contributed by atoms with Crippen LogP contribution in [0, 0.1) is 20.8 Å². The number of fused-ring (bicyclic) bond motifs is 1. The van der Waals surface area contributed by atoms with Crippen LogP contribution in [0.3, 0.4) is 0 Å². The zero-order valence-electron chi connectivity index (χ0n) is 12.6. The van der Waals surface area contributed by atoms with Crippen LogP contribution in [0.15, 0.2) is 48.7 Å². The van der Waals surface area contributed by atoms with Gasteiger partial charge in [0.1, 0.15) is 7.05 Å². The van der Waals surface area contributed by atoms with Crippen LogP contribution in [-0.2, 0) is 7.05 Å². The zero-order valence-corrected chi connectivity index (χ0v) is 12.6. The fourth-order valence-corrected chi connectivity index (χ4v) is 3.02. The highest BCUT2D eigenvalue weighted by atomic mass is 14.9. The van der Waals surface area contributed by atoms with Crippen LogP contribution in [0.5, 0.6) is 0 Å². The van der Waals surface area contributed by atoms with Gasteiger partial charge in [-0.05, 0) is 55.0 Å². The summed E-state index contributed by atoms with van der Waals surface area (Å²) in [5.41, 5.74) is 6.58. The smallest absolute Gasteiger partial charge is 0.200 e. The van der Waals surface area contributed by atoms with Crippen LogP contribution in [-0.4, -0.2) is 0 Å². The van der Waals surface area contributed by atoms with Crippen LogP contribution in [0.1, 0.15) is 16.7 Å². The van der Waals surface area contributed by atoms with E-state index in [1.54, 1.807) is 0 Å². The molecule has 100 valence electrons. The molecule has 1 heterocycles. The van der Waals surface area contributed by atoms with Crippen LogP contribution in [0.25, 0.3) is 22.0 Å². The maximum Gasteiger partial charge on any atom is 0.220 e. The van der Waals surface area contributed by atoms with Crippen LogP contribution >= 0.6 is 0 Å². The summed E-state index contributed by atoms with van der Waals surface area (Å²) in [6.07, 6.45) is 2.16. The lowest BCUT2D eigenvalue weighted by molar-refractivity contribution is -0.659. The first-order valence-electron chi connectivity index (χ1n) is 7.03. The SMILES string of the molecule is Cc1cc(C)c2cc[n+](C)c(-c3ccccc3C)c2c1. The average Bonchev–Trinajstić information content (AvgIpc) is 2.39. The third kappa shape index (κ3) is 2.00. The summed E-state index contributed by atoms with van der Waals surface area (Å²) in [6.45, 7) is 6.54. The lowest BCUT2D eigenvalue weighted by atomic mass is 9.96. The minimum Gasteiger partial charge on any atom is -0.200 e. The van der Waals surface area contributed by atoms with Crippen molar-refractivity contribution in [1.29, 1.82) is 0 Å². The van der Waals surface area contributed by atoms with E-state index in [9.17, 15) is 0 Å². The molecule has 2 aromatic carbocycles. The Balaban J connectivity index is 2.46. The molecule has 0 aliphatic carbocycles. The van der Waals surface area contributed by atoms with E-state index in [1.807, 2.05) is 0 Å². The minimum atomic E-state index is 1.30. The summed E-state index contributed by atoms with van der Waals surface area (Å²) in [5, 5.41) is 2.67. The summed E-state index contributed by atoms with van der Waals surface area (Å²) in [7, 11) is 2.12. The molecule has 0 unspecified atom stereocenters. The molecule has 0 bridgehead atoms. The number of benzene rings is 2. The Bertz CT molecular complexity index is 800. The van der Waals surface area contributed by atoms with Gasteiger partial charge < -0.3 is 0 Å². The molecule has 1 heteroatoms. The Morgan fingerprint density at radius 2 is 1.55 bits per heavy atom. The largest absolute Gasteiger partial charge is 0.220 e. The fraction of sp³-hybridized carbons (Fsp3) is 0.211. The van der Waals surface area contributed by atoms with Crippen molar-refractivity contribution in [2.45, 2.75) is 20.8 Å². The van der Waals surface area contributed by atoms with E-state index < -0.39 is 0 Å². The molecule has 0 fully saturated rings. The summed E-state index contributed by atoms with van der Waals surface area (Å²) in [6, 6.07) is 15.4. The first kappa shape index (κ1) is 12.9. The van der Waals surface area contributed by atoms with Crippen molar-refractivity contribution in [2.24, 2.45) is 7.05 Å². The summed E-state index contributed by atoms with van der Waals surface area (Å²) in [4.78, 5) is 0. The van der Waals surface area contributed by atoms with Crippen molar-refractivity contribution in [2.75, 3.05) is 0 Å². The molecule has 0 spiro atoms. The summed E-state index contributed by atoms with van der Waals surface area (Å²) >= 11 is 0. The predicted octanol–water partition coefficient (Wildman–Crippen LogP) is 4.26. The minimum absolute atomic E-state index is 1.30. The number of rotatable bonds is 1. The highest BCUT2D eigenvalue weighted by Crippen LogP contribution is 2.29. The van der Waals surface area contributed by atoms with Crippen LogP contribution < -0.4 is 4.57 Å². The Hall–Kier alpha value is -2.15. The molecule has 20 heavy (non-hydrogen) atoms. The average molecular weight is 262 g/mol. The van der Waals surface area contributed by atoms with Crippen molar-refractivity contribution >= 4 is 10.8 Å². The van der Waals surface area contributed by atoms with Gasteiger partial charge in [0.2, 0.25) is 5.69 Å². The van der Waals surface area contributed by atoms with Gasteiger partial charge in [0, 0.05) is 11.6 Å². The molecule has 0 saturated carbocycles. The van der Waals surface area contributed by atoms with Crippen molar-refractivity contribution in [3.63, 3.8) is 0 Å². The van der Waals surface area contributed by atoms with E-state index in [0.29, 0.717) is 0 Å². The number of pyridine rings is 1. The molecule has 1 aromatic heterocycles. The standard InChI is InChI=1S/C19H20N/c1-13-11-15(3)16-9-10-20(4)19(18(16)12-13)17-8-6-5-7-14(17)2/h5-12H,1-4H3/q+1. The van der Waals surface area contributed by atoms with E-state index in [0.717, 1.165) is 0 Å². The molecule has 0 atom stereocenters. The second-order valence-corrected chi connectivity index (χ2v) is 5.63. The second-order valence-electron chi connectivity index (χ2n) is 5.63. The number of aromatic nitrogens is 1. The predicted molar refractivity (Wildman–Crippen MR) is 84.8 cm³/mol. The Kier molecular flexibility index (Phi) is 3.06. The van der Waals surface area contributed by atoms with Gasteiger partial charge in [-0.25, -0.2) is 4.57 Å². The van der Waals surface area contributed by atoms with Crippen molar-refractivity contribution in [3.05, 3.63) is 65.4 Å². The first-order chi connectivity index (χ1) is 9.58. The molecule has 0 radical (unpaired) electrons. The Morgan fingerprint density at radius 1 is 0.800 bits per heavy atom. The maximum atomic E-state index is 2.30. The van der Waals surface area contributed by atoms with Gasteiger partial charge >= 0.3 is 0 Å². The van der Waals surface area contributed by atoms with Crippen LogP contribution in [0.2, 0.25) is 0 Å². The van der Waals surface area contributed by atoms with Gasteiger partial charge in [-0.3, -0.25) is 0 Å². The van der Waals surface area contributed by atoms with Gasteiger partial charge in [-0.2, -0.15) is 0 Å². The number of hydrogen-bond acceptors (Lipinski definition) is 0. The summed E-state index contributed by atoms with van der Waals surface area (Å²) < 4.78 is 2.23. The van der Waals surface area contributed by atoms with Gasteiger partial charge in [-0.1, -0.05) is 24.3 Å². The third-order valence-electron chi connectivity index (χ3n) is 4.00. The summed E-state index contributed by atoms with van der Waals surface area (Å²) in [5.74, 6) is 0. The third-order valence-corrected chi connectivity index (χ3v) is 4.00. The molecule has 0 amide bonds.